The molecule has 0 aliphatic rings. The molecule has 122 valence electrons. The van der Waals surface area contributed by atoms with Gasteiger partial charge in [0.05, 0.1) is 6.04 Å². The molecule has 0 fully saturated rings. The average Bonchev–Trinajstić information content (AvgIpc) is 2.56. The van der Waals surface area contributed by atoms with E-state index in [-0.39, 0.29) is 18.0 Å². The Balaban J connectivity index is 1.92. The van der Waals surface area contributed by atoms with Crippen LogP contribution in [0, 0.1) is 0 Å². The van der Waals surface area contributed by atoms with Crippen molar-refractivity contribution in [2.45, 2.75) is 39.3 Å². The quantitative estimate of drug-likeness (QED) is 0.769. The zero-order valence-corrected chi connectivity index (χ0v) is 15.4. The van der Waals surface area contributed by atoms with Crippen LogP contribution < -0.4 is 10.6 Å². The number of carbonyl (C=O) groups is 1. The van der Waals surface area contributed by atoms with Crippen LogP contribution >= 0.6 is 15.9 Å². The van der Waals surface area contributed by atoms with Crippen LogP contribution in [-0.4, -0.2) is 11.9 Å². The normalized spacial score (nSPS) is 13.4. The minimum Gasteiger partial charge on any atom is -0.325 e. The third-order valence-corrected chi connectivity index (χ3v) is 4.42. The smallest absolute Gasteiger partial charge is 0.241 e. The molecule has 0 spiro atoms. The van der Waals surface area contributed by atoms with Gasteiger partial charge in [-0.25, -0.2) is 0 Å². The first-order valence-electron chi connectivity index (χ1n) is 7.91. The van der Waals surface area contributed by atoms with Gasteiger partial charge < -0.3 is 5.32 Å². The SMILES string of the molecule is CCc1ccc(NC(=O)[C@H](C)N[C@H](C)c2ccc(Br)cc2)cc1. The number of carbonyl (C=O) groups excluding carboxylic acids is 1. The molecule has 0 radical (unpaired) electrons. The number of benzene rings is 2. The molecule has 2 atom stereocenters. The summed E-state index contributed by atoms with van der Waals surface area (Å²) < 4.78 is 1.05. The van der Waals surface area contributed by atoms with E-state index in [0.717, 1.165) is 22.1 Å². The van der Waals surface area contributed by atoms with Crippen molar-refractivity contribution in [2.75, 3.05) is 5.32 Å². The summed E-state index contributed by atoms with van der Waals surface area (Å²) in [6, 6.07) is 15.9. The van der Waals surface area contributed by atoms with Gasteiger partial charge in [0.2, 0.25) is 5.91 Å². The number of nitrogens with one attached hydrogen (secondary N) is 2. The third-order valence-electron chi connectivity index (χ3n) is 3.89. The van der Waals surface area contributed by atoms with Crippen molar-refractivity contribution in [3.8, 4) is 0 Å². The fraction of sp³-hybridized carbons (Fsp3) is 0.316. The van der Waals surface area contributed by atoms with Crippen LogP contribution in [0.5, 0.6) is 0 Å². The molecule has 3 nitrogen and oxygen atoms in total. The predicted octanol–water partition coefficient (Wildman–Crippen LogP) is 4.69. The van der Waals surface area contributed by atoms with Gasteiger partial charge in [-0.15, -0.1) is 0 Å². The largest absolute Gasteiger partial charge is 0.325 e. The molecule has 1 amide bonds. The van der Waals surface area contributed by atoms with Crippen molar-refractivity contribution in [2.24, 2.45) is 0 Å². The Hall–Kier alpha value is -1.65. The molecule has 23 heavy (non-hydrogen) atoms. The number of hydrogen-bond acceptors (Lipinski definition) is 2. The first kappa shape index (κ1) is 17.7. The molecule has 0 aliphatic carbocycles. The van der Waals surface area contributed by atoms with Crippen molar-refractivity contribution in [1.29, 1.82) is 0 Å². The highest BCUT2D eigenvalue weighted by molar-refractivity contribution is 9.10. The van der Waals surface area contributed by atoms with Crippen LogP contribution in [0.15, 0.2) is 53.0 Å². The van der Waals surface area contributed by atoms with E-state index in [4.69, 9.17) is 0 Å². The Kier molecular flexibility index (Phi) is 6.37. The standard InChI is InChI=1S/C19H23BrN2O/c1-4-15-5-11-18(12-6-15)22-19(23)14(3)21-13(2)16-7-9-17(20)10-8-16/h5-14,21H,4H2,1-3H3,(H,22,23)/t13-,14+/m1/s1. The summed E-state index contributed by atoms with van der Waals surface area (Å²) in [5.41, 5.74) is 3.25. The van der Waals surface area contributed by atoms with Gasteiger partial charge in [0, 0.05) is 16.2 Å². The molecular weight excluding hydrogens is 352 g/mol. The first-order chi connectivity index (χ1) is 11.0. The third kappa shape index (κ3) is 5.19. The Morgan fingerprint density at radius 2 is 1.65 bits per heavy atom. The lowest BCUT2D eigenvalue weighted by molar-refractivity contribution is -0.117. The molecule has 2 N–H and O–H groups in total. The van der Waals surface area contributed by atoms with Crippen LogP contribution in [0.2, 0.25) is 0 Å². The first-order valence-corrected chi connectivity index (χ1v) is 8.70. The second-order valence-corrected chi connectivity index (χ2v) is 6.62. The summed E-state index contributed by atoms with van der Waals surface area (Å²) in [6.45, 7) is 6.05. The highest BCUT2D eigenvalue weighted by Gasteiger charge is 2.16. The molecular formula is C19H23BrN2O. The Bertz CT molecular complexity index is 637. The molecule has 0 bridgehead atoms. The van der Waals surface area contributed by atoms with Crippen molar-refractivity contribution < 1.29 is 4.79 Å². The van der Waals surface area contributed by atoms with Crippen LogP contribution in [0.25, 0.3) is 0 Å². The van der Waals surface area contributed by atoms with Crippen LogP contribution in [0.4, 0.5) is 5.69 Å². The van der Waals surface area contributed by atoms with E-state index >= 15 is 0 Å². The second kappa shape index (κ2) is 8.27. The summed E-state index contributed by atoms with van der Waals surface area (Å²) in [5, 5.41) is 6.28. The van der Waals surface area contributed by atoms with E-state index in [1.807, 2.05) is 43.3 Å². The van der Waals surface area contributed by atoms with Gasteiger partial charge >= 0.3 is 0 Å². The summed E-state index contributed by atoms with van der Waals surface area (Å²) in [4.78, 5) is 12.3. The van der Waals surface area contributed by atoms with Crippen LogP contribution in [0.1, 0.15) is 37.9 Å². The van der Waals surface area contributed by atoms with Crippen molar-refractivity contribution in [3.63, 3.8) is 0 Å². The van der Waals surface area contributed by atoms with Gasteiger partial charge in [-0.1, -0.05) is 47.1 Å². The number of halogens is 1. The molecule has 2 rings (SSSR count). The Morgan fingerprint density at radius 3 is 2.22 bits per heavy atom. The van der Waals surface area contributed by atoms with Gasteiger partial charge in [0.1, 0.15) is 0 Å². The van der Waals surface area contributed by atoms with Gasteiger partial charge in [-0.05, 0) is 55.7 Å². The van der Waals surface area contributed by atoms with Crippen molar-refractivity contribution >= 4 is 27.5 Å². The second-order valence-electron chi connectivity index (χ2n) is 5.70. The maximum Gasteiger partial charge on any atom is 0.241 e. The van der Waals surface area contributed by atoms with Gasteiger partial charge in [-0.3, -0.25) is 10.1 Å². The molecule has 0 aromatic heterocycles. The maximum atomic E-state index is 12.3. The van der Waals surface area contributed by atoms with Crippen LogP contribution in [0.3, 0.4) is 0 Å². The lowest BCUT2D eigenvalue weighted by Gasteiger charge is -2.20. The summed E-state index contributed by atoms with van der Waals surface area (Å²) in [7, 11) is 0. The monoisotopic (exact) mass is 374 g/mol. The average molecular weight is 375 g/mol. The predicted molar refractivity (Wildman–Crippen MR) is 99.6 cm³/mol. The van der Waals surface area contributed by atoms with Gasteiger partial charge in [0.15, 0.2) is 0 Å². The van der Waals surface area contributed by atoms with Gasteiger partial charge in [-0.2, -0.15) is 0 Å². The molecule has 2 aromatic rings. The van der Waals surface area contributed by atoms with E-state index in [1.54, 1.807) is 0 Å². The molecule has 0 aliphatic heterocycles. The minimum absolute atomic E-state index is 0.0294. The highest BCUT2D eigenvalue weighted by atomic mass is 79.9. The van der Waals surface area contributed by atoms with Crippen molar-refractivity contribution in [1.82, 2.24) is 5.32 Å². The number of amides is 1. The number of hydrogen-bond donors (Lipinski definition) is 2. The fourth-order valence-electron chi connectivity index (χ4n) is 2.37. The molecule has 4 heteroatoms. The number of anilines is 1. The zero-order valence-electron chi connectivity index (χ0n) is 13.8. The van der Waals surface area contributed by atoms with E-state index in [1.165, 1.54) is 5.56 Å². The lowest BCUT2D eigenvalue weighted by Crippen LogP contribution is -2.39. The highest BCUT2D eigenvalue weighted by Crippen LogP contribution is 2.17. The van der Waals surface area contributed by atoms with E-state index in [0.29, 0.717) is 0 Å². The summed E-state index contributed by atoms with van der Waals surface area (Å²) in [6.07, 6.45) is 0.997. The van der Waals surface area contributed by atoms with Gasteiger partial charge in [0.25, 0.3) is 0 Å². The lowest BCUT2D eigenvalue weighted by atomic mass is 10.1. The minimum atomic E-state index is -0.278. The zero-order chi connectivity index (χ0) is 16.8. The molecule has 0 saturated carbocycles. The molecule has 0 saturated heterocycles. The van der Waals surface area contributed by atoms with E-state index < -0.39 is 0 Å². The van der Waals surface area contributed by atoms with E-state index in [9.17, 15) is 4.79 Å². The van der Waals surface area contributed by atoms with Crippen LogP contribution in [-0.2, 0) is 11.2 Å². The molecule has 2 aromatic carbocycles. The molecule has 0 unspecified atom stereocenters. The number of aryl methyl sites for hydroxylation is 1. The van der Waals surface area contributed by atoms with E-state index in [2.05, 4.69) is 52.5 Å². The number of rotatable bonds is 6. The summed E-state index contributed by atoms with van der Waals surface area (Å²) in [5.74, 6) is -0.0294. The fourth-order valence-corrected chi connectivity index (χ4v) is 2.64. The topological polar surface area (TPSA) is 41.1 Å². The Labute approximate surface area is 146 Å². The maximum absolute atomic E-state index is 12.3. The Morgan fingerprint density at radius 1 is 1.04 bits per heavy atom. The van der Waals surface area contributed by atoms with Crippen molar-refractivity contribution in [3.05, 3.63) is 64.1 Å². The molecule has 0 heterocycles. The summed E-state index contributed by atoms with van der Waals surface area (Å²) >= 11 is 3.43.